The van der Waals surface area contributed by atoms with Gasteiger partial charge in [0.25, 0.3) is 5.91 Å². The van der Waals surface area contributed by atoms with Crippen LogP contribution in [0.4, 0.5) is 0 Å². The summed E-state index contributed by atoms with van der Waals surface area (Å²) in [6, 6.07) is 11.6. The molecule has 3 heterocycles. The lowest BCUT2D eigenvalue weighted by Gasteiger charge is -2.25. The first kappa shape index (κ1) is 17.9. The minimum Gasteiger partial charge on any atom is -0.503 e. The van der Waals surface area contributed by atoms with Gasteiger partial charge < -0.3 is 18.8 Å². The van der Waals surface area contributed by atoms with Crippen LogP contribution >= 0.6 is 0 Å². The number of nitrogens with zero attached hydrogens (tertiary/aromatic N) is 1. The number of Topliss-reactive ketones (excluding diaryl/α,β-unsaturated/α-hetero) is 1. The van der Waals surface area contributed by atoms with Crippen molar-refractivity contribution in [3.8, 4) is 0 Å². The van der Waals surface area contributed by atoms with Crippen molar-refractivity contribution < 1.29 is 23.5 Å². The Balaban J connectivity index is 1.78. The summed E-state index contributed by atoms with van der Waals surface area (Å²) in [7, 11) is 0. The van der Waals surface area contributed by atoms with Gasteiger partial charge in [-0.25, -0.2) is 0 Å². The Morgan fingerprint density at radius 3 is 2.54 bits per heavy atom. The molecule has 1 N–H and O–H groups in total. The summed E-state index contributed by atoms with van der Waals surface area (Å²) in [5.74, 6) is -1.27. The SMILES string of the molecule is Cc1ccc(C)c(CN2C(=O)C(O)=C(C(=O)c3ccco3)C2c2ccco2)c1. The zero-order valence-electron chi connectivity index (χ0n) is 15.5. The van der Waals surface area contributed by atoms with Crippen LogP contribution in [-0.2, 0) is 11.3 Å². The first-order valence-electron chi connectivity index (χ1n) is 8.89. The Bertz CT molecular complexity index is 1060. The predicted molar refractivity (Wildman–Crippen MR) is 101 cm³/mol. The van der Waals surface area contributed by atoms with E-state index in [1.54, 1.807) is 18.2 Å². The van der Waals surface area contributed by atoms with Crippen molar-refractivity contribution in [2.75, 3.05) is 0 Å². The van der Waals surface area contributed by atoms with Crippen molar-refractivity contribution in [2.24, 2.45) is 0 Å². The van der Waals surface area contributed by atoms with Gasteiger partial charge in [-0.1, -0.05) is 23.8 Å². The van der Waals surface area contributed by atoms with Crippen molar-refractivity contribution in [2.45, 2.75) is 26.4 Å². The number of aliphatic hydroxyl groups excluding tert-OH is 1. The van der Waals surface area contributed by atoms with E-state index in [4.69, 9.17) is 8.83 Å². The highest BCUT2D eigenvalue weighted by atomic mass is 16.3. The Morgan fingerprint density at radius 2 is 1.86 bits per heavy atom. The molecule has 1 aliphatic heterocycles. The lowest BCUT2D eigenvalue weighted by atomic mass is 9.99. The zero-order valence-corrected chi connectivity index (χ0v) is 15.5. The van der Waals surface area contributed by atoms with E-state index in [0.717, 1.165) is 16.7 Å². The molecule has 0 saturated heterocycles. The quantitative estimate of drug-likeness (QED) is 0.672. The summed E-state index contributed by atoms with van der Waals surface area (Å²) >= 11 is 0. The second-order valence-electron chi connectivity index (χ2n) is 6.85. The van der Waals surface area contributed by atoms with Gasteiger partial charge >= 0.3 is 0 Å². The number of aliphatic hydroxyl groups is 1. The Morgan fingerprint density at radius 1 is 1.11 bits per heavy atom. The molecule has 1 amide bonds. The highest BCUT2D eigenvalue weighted by Gasteiger charge is 2.45. The van der Waals surface area contributed by atoms with Crippen molar-refractivity contribution in [1.29, 1.82) is 0 Å². The number of carbonyl (C=O) groups is 2. The number of hydrogen-bond donors (Lipinski definition) is 1. The molecule has 1 atom stereocenters. The number of ketones is 1. The van der Waals surface area contributed by atoms with Crippen LogP contribution in [0.25, 0.3) is 0 Å². The standard InChI is InChI=1S/C22H19NO5/c1-13-7-8-14(2)15(11-13)12-23-19(16-5-3-9-27-16)18(21(25)22(23)26)20(24)17-6-4-10-28-17/h3-11,19,25H,12H2,1-2H3. The molecule has 0 radical (unpaired) electrons. The van der Waals surface area contributed by atoms with Gasteiger partial charge in [-0.3, -0.25) is 9.59 Å². The first-order chi connectivity index (χ1) is 13.5. The van der Waals surface area contributed by atoms with Crippen LogP contribution in [-0.4, -0.2) is 21.7 Å². The van der Waals surface area contributed by atoms with E-state index in [-0.39, 0.29) is 17.9 Å². The maximum Gasteiger partial charge on any atom is 0.290 e. The van der Waals surface area contributed by atoms with Crippen molar-refractivity contribution in [3.05, 3.63) is 94.5 Å². The molecule has 0 fully saturated rings. The van der Waals surface area contributed by atoms with Crippen molar-refractivity contribution in [1.82, 2.24) is 4.90 Å². The molecule has 0 aliphatic carbocycles. The highest BCUT2D eigenvalue weighted by molar-refractivity contribution is 6.14. The minimum absolute atomic E-state index is 0.0415. The van der Waals surface area contributed by atoms with Gasteiger partial charge in [0.1, 0.15) is 11.8 Å². The molecule has 1 aliphatic rings. The Kier molecular flexibility index (Phi) is 4.39. The molecule has 3 aromatic rings. The molecule has 0 bridgehead atoms. The van der Waals surface area contributed by atoms with Gasteiger partial charge in [0.15, 0.2) is 11.5 Å². The normalized spacial score (nSPS) is 16.9. The van der Waals surface area contributed by atoms with E-state index in [1.807, 2.05) is 32.0 Å². The minimum atomic E-state index is -0.833. The molecular weight excluding hydrogens is 358 g/mol. The average Bonchev–Trinajstić information content (AvgIpc) is 3.42. The molecule has 142 valence electrons. The predicted octanol–water partition coefficient (Wildman–Crippen LogP) is 4.27. The van der Waals surface area contributed by atoms with E-state index in [0.29, 0.717) is 5.76 Å². The zero-order chi connectivity index (χ0) is 19.8. The van der Waals surface area contributed by atoms with Gasteiger partial charge in [0, 0.05) is 6.54 Å². The largest absolute Gasteiger partial charge is 0.503 e. The van der Waals surface area contributed by atoms with E-state index in [9.17, 15) is 14.7 Å². The van der Waals surface area contributed by atoms with E-state index >= 15 is 0 Å². The number of hydrogen-bond acceptors (Lipinski definition) is 5. The third-order valence-corrected chi connectivity index (χ3v) is 4.95. The molecule has 6 nitrogen and oxygen atoms in total. The van der Waals surface area contributed by atoms with Crippen LogP contribution in [0.15, 0.2) is 75.2 Å². The van der Waals surface area contributed by atoms with Crippen LogP contribution in [0.3, 0.4) is 0 Å². The molecule has 0 saturated carbocycles. The molecular formula is C22H19NO5. The summed E-state index contributed by atoms with van der Waals surface area (Å²) in [4.78, 5) is 27.3. The maximum absolute atomic E-state index is 13.0. The summed E-state index contributed by atoms with van der Waals surface area (Å²) in [6.07, 6.45) is 2.84. The molecule has 28 heavy (non-hydrogen) atoms. The summed E-state index contributed by atoms with van der Waals surface area (Å²) < 4.78 is 10.7. The topological polar surface area (TPSA) is 83.9 Å². The first-order valence-corrected chi connectivity index (χ1v) is 8.89. The number of benzene rings is 1. The molecule has 1 aromatic carbocycles. The fourth-order valence-corrected chi connectivity index (χ4v) is 3.49. The lowest BCUT2D eigenvalue weighted by Crippen LogP contribution is -2.30. The van der Waals surface area contributed by atoms with E-state index in [2.05, 4.69) is 0 Å². The van der Waals surface area contributed by atoms with Gasteiger partial charge in [0.2, 0.25) is 5.78 Å². The van der Waals surface area contributed by atoms with Crippen LogP contribution in [0, 0.1) is 13.8 Å². The molecule has 0 spiro atoms. The van der Waals surface area contributed by atoms with Gasteiger partial charge in [-0.15, -0.1) is 0 Å². The van der Waals surface area contributed by atoms with Crippen molar-refractivity contribution in [3.63, 3.8) is 0 Å². The Hall–Kier alpha value is -3.54. The smallest absolute Gasteiger partial charge is 0.290 e. The van der Waals surface area contributed by atoms with Gasteiger partial charge in [0.05, 0.1) is 18.1 Å². The lowest BCUT2D eigenvalue weighted by molar-refractivity contribution is -0.130. The Labute approximate surface area is 161 Å². The maximum atomic E-state index is 13.0. The van der Waals surface area contributed by atoms with E-state index in [1.165, 1.54) is 23.5 Å². The van der Waals surface area contributed by atoms with Crippen LogP contribution < -0.4 is 0 Å². The monoisotopic (exact) mass is 377 g/mol. The summed E-state index contributed by atoms with van der Waals surface area (Å²) in [5, 5.41) is 10.6. The summed E-state index contributed by atoms with van der Waals surface area (Å²) in [6.45, 7) is 4.16. The fourth-order valence-electron chi connectivity index (χ4n) is 3.49. The third-order valence-electron chi connectivity index (χ3n) is 4.95. The molecule has 6 heteroatoms. The molecule has 1 unspecified atom stereocenters. The summed E-state index contributed by atoms with van der Waals surface area (Å²) in [5.41, 5.74) is 2.97. The van der Waals surface area contributed by atoms with Gasteiger partial charge in [-0.05, 0) is 49.2 Å². The average molecular weight is 377 g/mol. The third kappa shape index (κ3) is 2.93. The van der Waals surface area contributed by atoms with Crippen LogP contribution in [0.5, 0.6) is 0 Å². The number of aryl methyl sites for hydroxylation is 2. The number of amides is 1. The van der Waals surface area contributed by atoms with Crippen LogP contribution in [0.1, 0.15) is 39.0 Å². The number of furan rings is 2. The molecule has 4 rings (SSSR count). The number of carbonyl (C=O) groups excluding carboxylic acids is 2. The van der Waals surface area contributed by atoms with Crippen LogP contribution in [0.2, 0.25) is 0 Å². The van der Waals surface area contributed by atoms with Gasteiger partial charge in [-0.2, -0.15) is 0 Å². The second kappa shape index (κ2) is 6.88. The van der Waals surface area contributed by atoms with Crippen molar-refractivity contribution >= 4 is 11.7 Å². The molecule has 2 aromatic heterocycles. The highest BCUT2D eigenvalue weighted by Crippen LogP contribution is 2.40. The van der Waals surface area contributed by atoms with E-state index < -0.39 is 23.5 Å². The fraction of sp³-hybridized carbons (Fsp3) is 0.182. The number of rotatable bonds is 5. The second-order valence-corrected chi connectivity index (χ2v) is 6.85.